The lowest BCUT2D eigenvalue weighted by Crippen LogP contribution is -2.35. The molecule has 1 aromatic heterocycles. The fraction of sp³-hybridized carbons (Fsp3) is 0.333. The molecule has 2 N–H and O–H groups in total. The van der Waals surface area contributed by atoms with Gasteiger partial charge in [0.15, 0.2) is 5.15 Å². The summed E-state index contributed by atoms with van der Waals surface area (Å²) >= 11 is 9.07. The molecule has 0 fully saturated rings. The van der Waals surface area contributed by atoms with Crippen molar-refractivity contribution in [2.24, 2.45) is 0 Å². The first-order valence-corrected chi connectivity index (χ1v) is 5.51. The van der Waals surface area contributed by atoms with E-state index in [0.29, 0.717) is 5.69 Å². The highest BCUT2D eigenvalue weighted by atomic mass is 79.9. The number of anilines is 1. The van der Waals surface area contributed by atoms with Crippen molar-refractivity contribution < 1.29 is 4.79 Å². The summed E-state index contributed by atoms with van der Waals surface area (Å²) in [6, 6.07) is 1.43. The third-order valence-corrected chi connectivity index (χ3v) is 2.62. The molecule has 1 unspecified atom stereocenters. The molecule has 1 aromatic rings. The fourth-order valence-corrected chi connectivity index (χ4v) is 1.36. The first-order chi connectivity index (χ1) is 7.04. The minimum atomic E-state index is -0.278. The molecule has 1 amide bonds. The molecule has 0 aromatic carbocycles. The van der Waals surface area contributed by atoms with E-state index in [4.69, 9.17) is 11.6 Å². The number of aromatic nitrogens is 1. The number of likely N-dealkylation sites (N-methyl/N-ethyl adjacent to an activating group) is 1. The molecule has 0 aliphatic heterocycles. The van der Waals surface area contributed by atoms with Crippen LogP contribution in [0.2, 0.25) is 5.15 Å². The van der Waals surface area contributed by atoms with Gasteiger partial charge in [0, 0.05) is 10.7 Å². The Labute approximate surface area is 102 Å². The van der Waals surface area contributed by atoms with Gasteiger partial charge in [-0.2, -0.15) is 0 Å². The number of hydrogen-bond donors (Lipinski definition) is 2. The zero-order valence-electron chi connectivity index (χ0n) is 8.34. The van der Waals surface area contributed by atoms with Gasteiger partial charge in [-0.05, 0) is 36.0 Å². The van der Waals surface area contributed by atoms with Gasteiger partial charge in [0.1, 0.15) is 0 Å². The zero-order chi connectivity index (χ0) is 11.4. The Morgan fingerprint density at radius 1 is 1.67 bits per heavy atom. The summed E-state index contributed by atoms with van der Waals surface area (Å²) < 4.78 is 0.763. The second-order valence-electron chi connectivity index (χ2n) is 2.99. The number of pyridine rings is 1. The number of nitrogens with one attached hydrogen (secondary N) is 2. The van der Waals surface area contributed by atoms with Crippen molar-refractivity contribution in [1.82, 2.24) is 10.3 Å². The van der Waals surface area contributed by atoms with Crippen LogP contribution in [0.3, 0.4) is 0 Å². The van der Waals surface area contributed by atoms with Crippen molar-refractivity contribution in [2.75, 3.05) is 12.4 Å². The summed E-state index contributed by atoms with van der Waals surface area (Å²) in [5, 5.41) is 5.78. The Morgan fingerprint density at radius 3 is 2.93 bits per heavy atom. The second kappa shape index (κ2) is 5.44. The number of carbonyl (C=O) groups is 1. The van der Waals surface area contributed by atoms with Gasteiger partial charge in [0.25, 0.3) is 0 Å². The second-order valence-corrected chi connectivity index (χ2v) is 4.27. The fourth-order valence-electron chi connectivity index (χ4n) is 0.882. The van der Waals surface area contributed by atoms with Crippen molar-refractivity contribution in [3.8, 4) is 0 Å². The van der Waals surface area contributed by atoms with Gasteiger partial charge < -0.3 is 10.6 Å². The highest BCUT2D eigenvalue weighted by molar-refractivity contribution is 9.10. The van der Waals surface area contributed by atoms with Crippen LogP contribution in [-0.4, -0.2) is 24.0 Å². The quantitative estimate of drug-likeness (QED) is 0.838. The molecular formula is C9H11BrClN3O. The van der Waals surface area contributed by atoms with Crippen LogP contribution in [0.25, 0.3) is 0 Å². The van der Waals surface area contributed by atoms with Crippen molar-refractivity contribution >= 4 is 39.1 Å². The zero-order valence-corrected chi connectivity index (χ0v) is 10.7. The van der Waals surface area contributed by atoms with E-state index in [1.54, 1.807) is 26.2 Å². The average Bonchev–Trinajstić information content (AvgIpc) is 2.22. The number of hydrogen-bond acceptors (Lipinski definition) is 3. The van der Waals surface area contributed by atoms with E-state index in [1.165, 1.54) is 0 Å². The molecule has 0 spiro atoms. The van der Waals surface area contributed by atoms with Crippen molar-refractivity contribution in [1.29, 1.82) is 0 Å². The molecule has 0 aliphatic rings. The van der Waals surface area contributed by atoms with Crippen LogP contribution in [0.4, 0.5) is 5.69 Å². The predicted molar refractivity (Wildman–Crippen MR) is 64.1 cm³/mol. The topological polar surface area (TPSA) is 54.0 Å². The standard InChI is InChI=1S/C9H11BrClN3O/c1-5(12-2)9(15)14-7-3-6(10)4-13-8(7)11/h3-5,12H,1-2H3,(H,14,15). The van der Waals surface area contributed by atoms with E-state index in [2.05, 4.69) is 31.5 Å². The number of rotatable bonds is 3. The molecule has 0 saturated carbocycles. The van der Waals surface area contributed by atoms with Crippen LogP contribution in [0.15, 0.2) is 16.7 Å². The Bertz CT molecular complexity index is 372. The maximum Gasteiger partial charge on any atom is 0.241 e. The number of nitrogens with zero attached hydrogens (tertiary/aromatic N) is 1. The number of halogens is 2. The molecule has 1 atom stereocenters. The SMILES string of the molecule is CNC(C)C(=O)Nc1cc(Br)cnc1Cl. The Hall–Kier alpha value is -0.650. The molecule has 0 bridgehead atoms. The molecule has 0 radical (unpaired) electrons. The summed E-state index contributed by atoms with van der Waals surface area (Å²) in [5.74, 6) is -0.153. The summed E-state index contributed by atoms with van der Waals surface area (Å²) in [5.41, 5.74) is 0.498. The maximum atomic E-state index is 11.5. The summed E-state index contributed by atoms with van der Waals surface area (Å²) in [6.07, 6.45) is 1.57. The highest BCUT2D eigenvalue weighted by Crippen LogP contribution is 2.22. The Kier molecular flexibility index (Phi) is 4.50. The Balaban J connectivity index is 2.80. The summed E-state index contributed by atoms with van der Waals surface area (Å²) in [6.45, 7) is 1.76. The van der Waals surface area contributed by atoms with E-state index < -0.39 is 0 Å². The van der Waals surface area contributed by atoms with Crippen molar-refractivity contribution in [3.05, 3.63) is 21.9 Å². The third kappa shape index (κ3) is 3.44. The number of carbonyl (C=O) groups excluding carboxylic acids is 1. The lowest BCUT2D eigenvalue weighted by molar-refractivity contribution is -0.117. The molecule has 1 rings (SSSR count). The van der Waals surface area contributed by atoms with Gasteiger partial charge >= 0.3 is 0 Å². The third-order valence-electron chi connectivity index (χ3n) is 1.89. The Morgan fingerprint density at radius 2 is 2.33 bits per heavy atom. The molecule has 0 saturated heterocycles. The normalized spacial score (nSPS) is 12.3. The minimum absolute atomic E-state index is 0.153. The lowest BCUT2D eigenvalue weighted by Gasteiger charge is -2.11. The largest absolute Gasteiger partial charge is 0.322 e. The molecule has 15 heavy (non-hydrogen) atoms. The molecule has 1 heterocycles. The number of amides is 1. The molecule has 82 valence electrons. The molecule has 0 aliphatic carbocycles. The summed E-state index contributed by atoms with van der Waals surface area (Å²) in [7, 11) is 1.71. The van der Waals surface area contributed by atoms with E-state index in [9.17, 15) is 4.79 Å². The highest BCUT2D eigenvalue weighted by Gasteiger charge is 2.12. The van der Waals surface area contributed by atoms with Gasteiger partial charge in [-0.25, -0.2) is 4.98 Å². The molecule has 4 nitrogen and oxygen atoms in total. The van der Waals surface area contributed by atoms with E-state index >= 15 is 0 Å². The van der Waals surface area contributed by atoms with Crippen LogP contribution in [0.1, 0.15) is 6.92 Å². The lowest BCUT2D eigenvalue weighted by atomic mass is 10.3. The van der Waals surface area contributed by atoms with Gasteiger partial charge in [0.05, 0.1) is 11.7 Å². The van der Waals surface area contributed by atoms with Crippen LogP contribution in [0.5, 0.6) is 0 Å². The molecule has 6 heteroatoms. The van der Waals surface area contributed by atoms with Gasteiger partial charge in [-0.1, -0.05) is 11.6 Å². The van der Waals surface area contributed by atoms with Gasteiger partial charge in [-0.3, -0.25) is 4.79 Å². The first kappa shape index (κ1) is 12.4. The van der Waals surface area contributed by atoms with Crippen LogP contribution in [-0.2, 0) is 4.79 Å². The average molecular weight is 293 g/mol. The molecular weight excluding hydrogens is 281 g/mol. The summed E-state index contributed by atoms with van der Waals surface area (Å²) in [4.78, 5) is 15.4. The van der Waals surface area contributed by atoms with Gasteiger partial charge in [0.2, 0.25) is 5.91 Å². The van der Waals surface area contributed by atoms with Crippen molar-refractivity contribution in [2.45, 2.75) is 13.0 Å². The van der Waals surface area contributed by atoms with Gasteiger partial charge in [-0.15, -0.1) is 0 Å². The maximum absolute atomic E-state index is 11.5. The van der Waals surface area contributed by atoms with Crippen LogP contribution in [0, 0.1) is 0 Å². The van der Waals surface area contributed by atoms with Crippen molar-refractivity contribution in [3.63, 3.8) is 0 Å². The minimum Gasteiger partial charge on any atom is -0.322 e. The monoisotopic (exact) mass is 291 g/mol. The van der Waals surface area contributed by atoms with E-state index in [-0.39, 0.29) is 17.1 Å². The smallest absolute Gasteiger partial charge is 0.241 e. The van der Waals surface area contributed by atoms with Crippen LogP contribution < -0.4 is 10.6 Å². The van der Waals surface area contributed by atoms with E-state index in [0.717, 1.165) is 4.47 Å². The predicted octanol–water partition coefficient (Wildman–Crippen LogP) is 2.04. The first-order valence-electron chi connectivity index (χ1n) is 4.33. The van der Waals surface area contributed by atoms with Crippen LogP contribution >= 0.6 is 27.5 Å². The van der Waals surface area contributed by atoms with E-state index in [1.807, 2.05) is 0 Å².